The molecule has 0 bridgehead atoms. The minimum Gasteiger partial charge on any atom is -0.456 e. The van der Waals surface area contributed by atoms with Crippen LogP contribution < -0.4 is 4.90 Å². The number of rotatable bonds is 8. The van der Waals surface area contributed by atoms with E-state index < -0.39 is 0 Å². The van der Waals surface area contributed by atoms with E-state index >= 15 is 0 Å². The van der Waals surface area contributed by atoms with Gasteiger partial charge >= 0.3 is 0 Å². The Hall–Kier alpha value is -7.62. The molecule has 0 N–H and O–H groups in total. The molecule has 9 aromatic carbocycles. The number of furan rings is 2. The van der Waals surface area contributed by atoms with Crippen LogP contribution in [0.15, 0.2) is 221 Å². The van der Waals surface area contributed by atoms with Gasteiger partial charge in [0, 0.05) is 49.4 Å². The molecule has 3 heteroatoms. The molecule has 0 spiro atoms. The molecule has 0 aliphatic carbocycles. The van der Waals surface area contributed by atoms with Crippen molar-refractivity contribution in [1.29, 1.82) is 0 Å². The van der Waals surface area contributed by atoms with Gasteiger partial charge in [-0.15, -0.1) is 0 Å². The van der Waals surface area contributed by atoms with Crippen molar-refractivity contribution in [3.05, 3.63) is 218 Å². The van der Waals surface area contributed by atoms with E-state index in [1.54, 1.807) is 0 Å². The number of allylic oxidation sites excluding steroid dienone is 3. The monoisotopic (exact) mass is 757 g/mol. The van der Waals surface area contributed by atoms with E-state index in [1.165, 1.54) is 21.7 Å². The SMILES string of the molecule is C/C=C\C(=C/Cc1cccc2ccccc12)N(c1ccc(-c2ccc3oc4ccccc4c3c2)cc1)c1ccccc1-c1cccc2c1oc1c3ccccc3ccc21. The zero-order valence-electron chi connectivity index (χ0n) is 32.6. The fourth-order valence-corrected chi connectivity index (χ4v) is 8.86. The predicted molar refractivity (Wildman–Crippen MR) is 249 cm³/mol. The summed E-state index contributed by atoms with van der Waals surface area (Å²) < 4.78 is 13.1. The third-order valence-corrected chi connectivity index (χ3v) is 11.7. The summed E-state index contributed by atoms with van der Waals surface area (Å²) in [6.07, 6.45) is 7.48. The standard InChI is InChI=1S/C56H39NO2/c1-2-13-42(33-28-39-17-11-16-38-14-3-5-18-44(38)39)57(43-31-26-37(27-32-43)41-30-35-54-51(36-41)47-21-8-10-25-53(47)58-54)52-24-9-7-20-46(52)48-22-12-23-49-50-34-29-40-15-4-6-19-45(40)55(50)59-56(48)49/h2-27,29-36H,28H2,1H3/b13-2-,42-33+. The summed E-state index contributed by atoms with van der Waals surface area (Å²) >= 11 is 0. The molecule has 0 radical (unpaired) electrons. The summed E-state index contributed by atoms with van der Waals surface area (Å²) in [4.78, 5) is 2.40. The number of para-hydroxylation sites is 3. The van der Waals surface area contributed by atoms with Crippen molar-refractivity contribution in [2.45, 2.75) is 13.3 Å². The maximum atomic E-state index is 6.91. The molecule has 0 saturated carbocycles. The molecule has 0 saturated heterocycles. The summed E-state index contributed by atoms with van der Waals surface area (Å²) in [7, 11) is 0. The number of hydrogen-bond donors (Lipinski definition) is 0. The van der Waals surface area contributed by atoms with Crippen LogP contribution >= 0.6 is 0 Å². The largest absolute Gasteiger partial charge is 0.456 e. The highest BCUT2D eigenvalue weighted by atomic mass is 16.3. The first-order valence-electron chi connectivity index (χ1n) is 20.3. The average molecular weight is 758 g/mol. The van der Waals surface area contributed by atoms with E-state index in [2.05, 4.69) is 206 Å². The van der Waals surface area contributed by atoms with Gasteiger partial charge in [-0.3, -0.25) is 0 Å². The number of fused-ring (bicyclic) bond motifs is 9. The first-order chi connectivity index (χ1) is 29.2. The van der Waals surface area contributed by atoms with E-state index in [-0.39, 0.29) is 0 Å². The Bertz CT molecular complexity index is 3430. The molecule has 280 valence electrons. The third-order valence-electron chi connectivity index (χ3n) is 11.7. The second-order valence-corrected chi connectivity index (χ2v) is 15.1. The van der Waals surface area contributed by atoms with Crippen LogP contribution in [-0.4, -0.2) is 0 Å². The molecule has 0 aliphatic rings. The van der Waals surface area contributed by atoms with Crippen molar-refractivity contribution >= 4 is 76.8 Å². The first-order valence-corrected chi connectivity index (χ1v) is 20.3. The highest BCUT2D eigenvalue weighted by molar-refractivity contribution is 6.17. The van der Waals surface area contributed by atoms with Gasteiger partial charge in [0.1, 0.15) is 22.3 Å². The van der Waals surface area contributed by atoms with Crippen molar-refractivity contribution in [3.8, 4) is 22.3 Å². The van der Waals surface area contributed by atoms with Gasteiger partial charge in [0.05, 0.1) is 5.69 Å². The Kier molecular flexibility index (Phi) is 8.45. The van der Waals surface area contributed by atoms with Gasteiger partial charge in [-0.1, -0.05) is 158 Å². The molecule has 0 atom stereocenters. The van der Waals surface area contributed by atoms with Gasteiger partial charge in [-0.05, 0) is 94.7 Å². The van der Waals surface area contributed by atoms with Crippen molar-refractivity contribution in [2.75, 3.05) is 4.90 Å². The van der Waals surface area contributed by atoms with E-state index in [0.717, 1.165) is 95.0 Å². The zero-order valence-corrected chi connectivity index (χ0v) is 32.6. The molecule has 0 aliphatic heterocycles. The molecule has 0 amide bonds. The lowest BCUT2D eigenvalue weighted by Crippen LogP contribution is -2.16. The van der Waals surface area contributed by atoms with Gasteiger partial charge in [-0.2, -0.15) is 0 Å². The molecule has 59 heavy (non-hydrogen) atoms. The Morgan fingerprint density at radius 3 is 1.98 bits per heavy atom. The lowest BCUT2D eigenvalue weighted by molar-refractivity contribution is 0.669. The molecule has 2 aromatic heterocycles. The lowest BCUT2D eigenvalue weighted by Gasteiger charge is -2.29. The Morgan fingerprint density at radius 1 is 0.475 bits per heavy atom. The quantitative estimate of drug-likeness (QED) is 0.145. The minimum atomic E-state index is 0.767. The van der Waals surface area contributed by atoms with Crippen LogP contribution in [0.2, 0.25) is 0 Å². The number of hydrogen-bond acceptors (Lipinski definition) is 3. The Balaban J connectivity index is 1.08. The van der Waals surface area contributed by atoms with Crippen LogP contribution in [0.5, 0.6) is 0 Å². The number of benzene rings is 9. The van der Waals surface area contributed by atoms with Crippen LogP contribution in [0, 0.1) is 0 Å². The van der Waals surface area contributed by atoms with E-state index in [9.17, 15) is 0 Å². The fourth-order valence-electron chi connectivity index (χ4n) is 8.86. The van der Waals surface area contributed by atoms with E-state index in [0.29, 0.717) is 0 Å². The van der Waals surface area contributed by atoms with Crippen molar-refractivity contribution in [2.24, 2.45) is 0 Å². The highest BCUT2D eigenvalue weighted by Gasteiger charge is 2.22. The summed E-state index contributed by atoms with van der Waals surface area (Å²) in [6.45, 7) is 2.09. The van der Waals surface area contributed by atoms with Gasteiger partial charge in [0.2, 0.25) is 0 Å². The first kappa shape index (κ1) is 34.6. The van der Waals surface area contributed by atoms with Crippen molar-refractivity contribution < 1.29 is 8.83 Å². The molecular weight excluding hydrogens is 719 g/mol. The maximum Gasteiger partial charge on any atom is 0.143 e. The summed E-state index contributed by atoms with van der Waals surface area (Å²) in [5, 5.41) is 9.29. The van der Waals surface area contributed by atoms with Gasteiger partial charge in [0.25, 0.3) is 0 Å². The second-order valence-electron chi connectivity index (χ2n) is 15.1. The van der Waals surface area contributed by atoms with Crippen molar-refractivity contribution in [1.82, 2.24) is 0 Å². The van der Waals surface area contributed by atoms with Gasteiger partial charge in [0.15, 0.2) is 0 Å². The predicted octanol–water partition coefficient (Wildman–Crippen LogP) is 16.0. The zero-order chi connectivity index (χ0) is 39.3. The van der Waals surface area contributed by atoms with Crippen molar-refractivity contribution in [3.63, 3.8) is 0 Å². The van der Waals surface area contributed by atoms with Crippen LogP contribution in [0.3, 0.4) is 0 Å². The average Bonchev–Trinajstić information content (AvgIpc) is 3.87. The molecule has 11 rings (SSSR count). The topological polar surface area (TPSA) is 29.5 Å². The number of anilines is 2. The summed E-state index contributed by atoms with van der Waals surface area (Å²) in [5.41, 5.74) is 12.5. The van der Waals surface area contributed by atoms with Gasteiger partial charge < -0.3 is 13.7 Å². The molecule has 0 fully saturated rings. The smallest absolute Gasteiger partial charge is 0.143 e. The molecule has 0 unspecified atom stereocenters. The highest BCUT2D eigenvalue weighted by Crippen LogP contribution is 2.44. The van der Waals surface area contributed by atoms with E-state index in [1.807, 2.05) is 12.1 Å². The number of nitrogens with zero attached hydrogens (tertiary/aromatic N) is 1. The van der Waals surface area contributed by atoms with Crippen LogP contribution in [0.4, 0.5) is 11.4 Å². The fraction of sp³-hybridized carbons (Fsp3) is 0.0357. The Morgan fingerprint density at radius 2 is 1.12 bits per heavy atom. The summed E-state index contributed by atoms with van der Waals surface area (Å²) in [6, 6.07) is 67.0. The molecular formula is C56H39NO2. The second kappa shape index (κ2) is 14.4. The molecule has 2 heterocycles. The van der Waals surface area contributed by atoms with Gasteiger partial charge in [-0.25, -0.2) is 0 Å². The molecule has 11 aromatic rings. The Labute approximate surface area is 342 Å². The third kappa shape index (κ3) is 5.98. The lowest BCUT2D eigenvalue weighted by atomic mass is 9.98. The van der Waals surface area contributed by atoms with E-state index in [4.69, 9.17) is 8.83 Å². The minimum absolute atomic E-state index is 0.767. The maximum absolute atomic E-state index is 6.91. The van der Waals surface area contributed by atoms with Crippen LogP contribution in [0.25, 0.3) is 87.7 Å². The summed E-state index contributed by atoms with van der Waals surface area (Å²) in [5.74, 6) is 0. The molecule has 3 nitrogen and oxygen atoms in total. The normalized spacial score (nSPS) is 12.3. The van der Waals surface area contributed by atoms with Crippen LogP contribution in [0.1, 0.15) is 12.5 Å². The van der Waals surface area contributed by atoms with Crippen LogP contribution in [-0.2, 0) is 6.42 Å².